The molecule has 0 spiro atoms. The van der Waals surface area contributed by atoms with E-state index < -0.39 is 17.9 Å². The quantitative estimate of drug-likeness (QED) is 0.708. The molecule has 21 heavy (non-hydrogen) atoms. The molecule has 2 atom stereocenters. The average molecular weight is 296 g/mol. The Hall–Kier alpha value is -1.96. The summed E-state index contributed by atoms with van der Waals surface area (Å²) in [5.74, 6) is -1.14. The van der Waals surface area contributed by atoms with Crippen LogP contribution < -0.4 is 10.6 Å². The molecule has 1 aromatic rings. The van der Waals surface area contributed by atoms with E-state index in [0.29, 0.717) is 5.89 Å². The molecule has 8 heteroatoms. The highest BCUT2D eigenvalue weighted by Crippen LogP contribution is 2.21. The van der Waals surface area contributed by atoms with Crippen LogP contribution in [0, 0.1) is 5.92 Å². The van der Waals surface area contributed by atoms with Crippen LogP contribution in [0.1, 0.15) is 55.7 Å². The maximum atomic E-state index is 12.1. The monoisotopic (exact) mass is 296 g/mol. The number of hydrogen-bond donors (Lipinski definition) is 3. The molecule has 2 unspecified atom stereocenters. The maximum absolute atomic E-state index is 12.1. The van der Waals surface area contributed by atoms with Gasteiger partial charge < -0.3 is 20.3 Å². The van der Waals surface area contributed by atoms with E-state index in [-0.39, 0.29) is 24.2 Å². The van der Waals surface area contributed by atoms with Gasteiger partial charge in [-0.1, -0.05) is 19.0 Å². The summed E-state index contributed by atoms with van der Waals surface area (Å²) >= 11 is 0. The summed E-state index contributed by atoms with van der Waals surface area (Å²) in [6.45, 7) is 4.58. The second-order valence-corrected chi connectivity index (χ2v) is 5.53. The molecular weight excluding hydrogens is 276 g/mol. The first-order valence-electron chi connectivity index (χ1n) is 7.07. The van der Waals surface area contributed by atoms with E-state index in [4.69, 9.17) is 9.63 Å². The van der Waals surface area contributed by atoms with E-state index in [1.54, 1.807) is 0 Å². The lowest BCUT2D eigenvalue weighted by atomic mass is 10.0. The van der Waals surface area contributed by atoms with Crippen molar-refractivity contribution >= 4 is 11.9 Å². The van der Waals surface area contributed by atoms with E-state index in [0.717, 1.165) is 19.4 Å². The minimum absolute atomic E-state index is 0.000958. The number of amides is 1. The van der Waals surface area contributed by atoms with Gasteiger partial charge in [0.1, 0.15) is 0 Å². The minimum Gasteiger partial charge on any atom is -0.481 e. The average Bonchev–Trinajstić information content (AvgIpc) is 3.08. The normalized spacial score (nSPS) is 19.7. The van der Waals surface area contributed by atoms with E-state index in [2.05, 4.69) is 20.8 Å². The molecule has 1 saturated heterocycles. The van der Waals surface area contributed by atoms with Gasteiger partial charge >= 0.3 is 5.97 Å². The number of carboxylic acid groups (broad SMARTS) is 1. The lowest BCUT2D eigenvalue weighted by Gasteiger charge is -2.19. The van der Waals surface area contributed by atoms with Gasteiger partial charge in [-0.2, -0.15) is 4.98 Å². The lowest BCUT2D eigenvalue weighted by Crippen LogP contribution is -2.40. The first kappa shape index (κ1) is 15.4. The second kappa shape index (κ2) is 6.66. The number of aliphatic carboxylic acids is 1. The first-order chi connectivity index (χ1) is 9.97. The van der Waals surface area contributed by atoms with E-state index in [9.17, 15) is 9.59 Å². The van der Waals surface area contributed by atoms with Crippen LogP contribution in [0.25, 0.3) is 0 Å². The zero-order valence-electron chi connectivity index (χ0n) is 12.1. The summed E-state index contributed by atoms with van der Waals surface area (Å²) in [5, 5.41) is 18.4. The molecule has 0 bridgehead atoms. The standard InChI is InChI=1S/C13H20N4O4/c1-7(2)9(6-10(18)19)15-12(20)11-16-13(21-17-11)8-4-3-5-14-8/h7-9,14H,3-6H2,1-2H3,(H,15,20)(H,18,19). The Morgan fingerprint density at radius 2 is 2.29 bits per heavy atom. The van der Waals surface area contributed by atoms with Gasteiger partial charge in [0, 0.05) is 6.04 Å². The van der Waals surface area contributed by atoms with Crippen LogP contribution in [-0.2, 0) is 4.79 Å². The summed E-state index contributed by atoms with van der Waals surface area (Å²) < 4.78 is 5.09. The van der Waals surface area contributed by atoms with Crippen LogP contribution in [-0.4, -0.2) is 39.7 Å². The van der Waals surface area contributed by atoms with Crippen LogP contribution in [0.2, 0.25) is 0 Å². The van der Waals surface area contributed by atoms with Crippen molar-refractivity contribution in [1.29, 1.82) is 0 Å². The number of carbonyl (C=O) groups excluding carboxylic acids is 1. The molecule has 3 N–H and O–H groups in total. The number of aromatic nitrogens is 2. The van der Waals surface area contributed by atoms with Crippen molar-refractivity contribution in [2.75, 3.05) is 6.54 Å². The molecule has 0 radical (unpaired) electrons. The molecule has 1 amide bonds. The van der Waals surface area contributed by atoms with Crippen LogP contribution in [0.15, 0.2) is 4.52 Å². The van der Waals surface area contributed by atoms with Crippen molar-refractivity contribution in [1.82, 2.24) is 20.8 Å². The Balaban J connectivity index is 2.00. The Morgan fingerprint density at radius 1 is 1.52 bits per heavy atom. The van der Waals surface area contributed by atoms with Crippen molar-refractivity contribution in [3.8, 4) is 0 Å². The summed E-state index contributed by atoms with van der Waals surface area (Å²) in [7, 11) is 0. The molecule has 8 nitrogen and oxygen atoms in total. The van der Waals surface area contributed by atoms with Gasteiger partial charge in [-0.05, 0) is 25.3 Å². The zero-order valence-corrected chi connectivity index (χ0v) is 12.1. The summed E-state index contributed by atoms with van der Waals surface area (Å²) in [6, 6.07) is -0.472. The van der Waals surface area contributed by atoms with Gasteiger partial charge in [-0.15, -0.1) is 0 Å². The minimum atomic E-state index is -0.960. The maximum Gasteiger partial charge on any atom is 0.305 e. The van der Waals surface area contributed by atoms with Crippen molar-refractivity contribution in [2.24, 2.45) is 5.92 Å². The van der Waals surface area contributed by atoms with Crippen LogP contribution in [0.3, 0.4) is 0 Å². The third-order valence-electron chi connectivity index (χ3n) is 3.52. The first-order valence-corrected chi connectivity index (χ1v) is 7.07. The second-order valence-electron chi connectivity index (χ2n) is 5.53. The molecule has 2 heterocycles. The number of carboxylic acids is 1. The predicted molar refractivity (Wildman–Crippen MR) is 72.6 cm³/mol. The van der Waals surface area contributed by atoms with Crippen molar-refractivity contribution in [3.05, 3.63) is 11.7 Å². The van der Waals surface area contributed by atoms with E-state index >= 15 is 0 Å². The molecular formula is C13H20N4O4. The fraction of sp³-hybridized carbons (Fsp3) is 0.692. The summed E-state index contributed by atoms with van der Waals surface area (Å²) in [4.78, 5) is 26.9. The molecule has 1 aliphatic rings. The predicted octanol–water partition coefficient (Wildman–Crippen LogP) is 0.723. The van der Waals surface area contributed by atoms with Crippen LogP contribution in [0.5, 0.6) is 0 Å². The lowest BCUT2D eigenvalue weighted by molar-refractivity contribution is -0.137. The van der Waals surface area contributed by atoms with E-state index in [1.807, 2.05) is 13.8 Å². The van der Waals surface area contributed by atoms with Crippen molar-refractivity contribution < 1.29 is 19.2 Å². The fourth-order valence-corrected chi connectivity index (χ4v) is 2.24. The van der Waals surface area contributed by atoms with Gasteiger partial charge in [0.2, 0.25) is 5.89 Å². The Kier molecular flexibility index (Phi) is 4.89. The molecule has 116 valence electrons. The van der Waals surface area contributed by atoms with Gasteiger partial charge in [-0.25, -0.2) is 0 Å². The van der Waals surface area contributed by atoms with Crippen LogP contribution in [0.4, 0.5) is 0 Å². The van der Waals surface area contributed by atoms with E-state index in [1.165, 1.54) is 0 Å². The zero-order chi connectivity index (χ0) is 15.4. The van der Waals surface area contributed by atoms with Gasteiger partial charge in [0.25, 0.3) is 11.7 Å². The van der Waals surface area contributed by atoms with Gasteiger partial charge in [0.15, 0.2) is 0 Å². The SMILES string of the molecule is CC(C)C(CC(=O)O)NC(=O)c1noc(C2CCCN2)n1. The number of nitrogens with one attached hydrogen (secondary N) is 2. The molecule has 0 aromatic carbocycles. The topological polar surface area (TPSA) is 117 Å². The van der Waals surface area contributed by atoms with Crippen molar-refractivity contribution in [3.63, 3.8) is 0 Å². The molecule has 2 rings (SSSR count). The van der Waals surface area contributed by atoms with Crippen LogP contribution >= 0.6 is 0 Å². The smallest absolute Gasteiger partial charge is 0.305 e. The molecule has 1 aliphatic heterocycles. The van der Waals surface area contributed by atoms with Crippen molar-refractivity contribution in [2.45, 2.75) is 45.2 Å². The highest BCUT2D eigenvalue weighted by molar-refractivity contribution is 5.90. The fourth-order valence-electron chi connectivity index (χ4n) is 2.24. The number of nitrogens with zero attached hydrogens (tertiary/aromatic N) is 2. The Morgan fingerprint density at radius 3 is 2.86 bits per heavy atom. The highest BCUT2D eigenvalue weighted by atomic mass is 16.5. The number of carbonyl (C=O) groups is 2. The number of hydrogen-bond acceptors (Lipinski definition) is 6. The Bertz CT molecular complexity index is 508. The third-order valence-corrected chi connectivity index (χ3v) is 3.52. The molecule has 1 aromatic heterocycles. The third kappa shape index (κ3) is 4.01. The molecule has 1 fully saturated rings. The Labute approximate surface area is 122 Å². The number of rotatable bonds is 6. The van der Waals surface area contributed by atoms with Gasteiger partial charge in [-0.3, -0.25) is 9.59 Å². The molecule has 0 saturated carbocycles. The summed E-state index contributed by atoms with van der Waals surface area (Å²) in [6.07, 6.45) is 1.79. The summed E-state index contributed by atoms with van der Waals surface area (Å²) in [5.41, 5.74) is 0. The largest absolute Gasteiger partial charge is 0.481 e. The molecule has 0 aliphatic carbocycles. The highest BCUT2D eigenvalue weighted by Gasteiger charge is 2.26. The van der Waals surface area contributed by atoms with Gasteiger partial charge in [0.05, 0.1) is 12.5 Å².